The van der Waals surface area contributed by atoms with Gasteiger partial charge < -0.3 is 10.2 Å². The minimum atomic E-state index is -0.139. The number of benzene rings is 2. The number of carbonyl (C=O) groups is 1. The Morgan fingerprint density at radius 1 is 1.00 bits per heavy atom. The molecule has 1 fully saturated rings. The predicted molar refractivity (Wildman–Crippen MR) is 109 cm³/mol. The third-order valence-electron chi connectivity index (χ3n) is 5.36. The molecule has 3 aromatic rings. The van der Waals surface area contributed by atoms with Gasteiger partial charge in [0.05, 0.1) is 22.4 Å². The molecular formula is C21H24N4O2. The number of fused-ring (bicyclic) bond motifs is 1. The van der Waals surface area contributed by atoms with Gasteiger partial charge in [-0.15, -0.1) is 0 Å². The van der Waals surface area contributed by atoms with Crippen LogP contribution in [0.15, 0.2) is 41.2 Å². The molecule has 4 rings (SSSR count). The fourth-order valence-corrected chi connectivity index (χ4v) is 3.83. The van der Waals surface area contributed by atoms with Crippen molar-refractivity contribution in [3.05, 3.63) is 58.0 Å². The van der Waals surface area contributed by atoms with Gasteiger partial charge in [-0.3, -0.25) is 13.9 Å². The Kier molecular flexibility index (Phi) is 4.26. The van der Waals surface area contributed by atoms with Crippen LogP contribution in [0.3, 0.4) is 0 Å². The van der Waals surface area contributed by atoms with Gasteiger partial charge >= 0.3 is 5.69 Å². The summed E-state index contributed by atoms with van der Waals surface area (Å²) in [6, 6.07) is 11.5. The fraction of sp³-hybridized carbons (Fsp3) is 0.333. The summed E-state index contributed by atoms with van der Waals surface area (Å²) in [6.45, 7) is 3.89. The third kappa shape index (κ3) is 3.01. The van der Waals surface area contributed by atoms with Crippen molar-refractivity contribution >= 4 is 28.3 Å². The normalized spacial score (nSPS) is 14.1. The molecular weight excluding hydrogens is 340 g/mol. The van der Waals surface area contributed by atoms with E-state index in [1.165, 1.54) is 0 Å². The van der Waals surface area contributed by atoms with Crippen LogP contribution in [0.4, 0.5) is 11.4 Å². The summed E-state index contributed by atoms with van der Waals surface area (Å²) >= 11 is 0. The van der Waals surface area contributed by atoms with E-state index in [-0.39, 0.29) is 11.6 Å². The Bertz CT molecular complexity index is 1090. The lowest BCUT2D eigenvalue weighted by molar-refractivity contribution is 0.102. The van der Waals surface area contributed by atoms with Gasteiger partial charge in [-0.1, -0.05) is 17.7 Å². The Morgan fingerprint density at radius 3 is 2.33 bits per heavy atom. The van der Waals surface area contributed by atoms with Gasteiger partial charge in [0.1, 0.15) is 0 Å². The minimum absolute atomic E-state index is 0.0699. The molecule has 140 valence electrons. The highest BCUT2D eigenvalue weighted by Crippen LogP contribution is 2.33. The molecule has 1 aliphatic rings. The molecule has 6 nitrogen and oxygen atoms in total. The number of imidazole rings is 1. The lowest BCUT2D eigenvalue weighted by atomic mass is 10.1. The summed E-state index contributed by atoms with van der Waals surface area (Å²) in [7, 11) is 3.54. The molecule has 0 unspecified atom stereocenters. The third-order valence-corrected chi connectivity index (χ3v) is 5.36. The highest BCUT2D eigenvalue weighted by molar-refractivity contribution is 6.07. The van der Waals surface area contributed by atoms with E-state index in [9.17, 15) is 9.59 Å². The molecule has 1 aromatic heterocycles. The molecule has 1 aliphatic heterocycles. The van der Waals surface area contributed by atoms with Gasteiger partial charge in [-0.2, -0.15) is 0 Å². The van der Waals surface area contributed by atoms with E-state index in [0.29, 0.717) is 5.56 Å². The van der Waals surface area contributed by atoms with Crippen molar-refractivity contribution in [2.45, 2.75) is 19.8 Å². The smallest absolute Gasteiger partial charge is 0.328 e. The number of aromatic nitrogens is 2. The maximum absolute atomic E-state index is 12.8. The topological polar surface area (TPSA) is 59.3 Å². The second-order valence-corrected chi connectivity index (χ2v) is 7.28. The van der Waals surface area contributed by atoms with Gasteiger partial charge in [-0.05, 0) is 44.0 Å². The Hall–Kier alpha value is -3.02. The van der Waals surface area contributed by atoms with Gasteiger partial charge in [0.25, 0.3) is 5.91 Å². The Morgan fingerprint density at radius 2 is 1.67 bits per heavy atom. The van der Waals surface area contributed by atoms with E-state index < -0.39 is 0 Å². The Balaban J connectivity index is 1.82. The van der Waals surface area contributed by atoms with Crippen molar-refractivity contribution in [1.82, 2.24) is 9.13 Å². The second kappa shape index (κ2) is 6.61. The minimum Gasteiger partial charge on any atom is -0.370 e. The number of aryl methyl sites for hydroxylation is 3. The van der Waals surface area contributed by atoms with Crippen LogP contribution >= 0.6 is 0 Å². The van der Waals surface area contributed by atoms with Crippen LogP contribution in [0, 0.1) is 6.92 Å². The molecule has 1 amide bonds. The lowest BCUT2D eigenvalue weighted by Crippen LogP contribution is -2.21. The van der Waals surface area contributed by atoms with Gasteiger partial charge in [-0.25, -0.2) is 4.79 Å². The number of hydrogen-bond acceptors (Lipinski definition) is 3. The first-order valence-corrected chi connectivity index (χ1v) is 9.28. The van der Waals surface area contributed by atoms with Crippen LogP contribution in [-0.2, 0) is 14.1 Å². The van der Waals surface area contributed by atoms with Crippen molar-refractivity contribution in [2.75, 3.05) is 23.3 Å². The van der Waals surface area contributed by atoms with E-state index in [1.807, 2.05) is 43.3 Å². The molecule has 0 saturated carbocycles. The monoisotopic (exact) mass is 364 g/mol. The number of amides is 1. The SMILES string of the molecule is Cc1cccc(C(=O)Nc2cc3c(cc2N2CCCC2)n(C)c(=O)n3C)c1. The highest BCUT2D eigenvalue weighted by Gasteiger charge is 2.21. The summed E-state index contributed by atoms with van der Waals surface area (Å²) in [5, 5.41) is 3.07. The molecule has 0 bridgehead atoms. The van der Waals surface area contributed by atoms with E-state index in [4.69, 9.17) is 0 Å². The van der Waals surface area contributed by atoms with Crippen LogP contribution < -0.4 is 15.9 Å². The molecule has 2 heterocycles. The average Bonchev–Trinajstić information content (AvgIpc) is 3.26. The van der Waals surface area contributed by atoms with Gasteiger partial charge in [0, 0.05) is 32.7 Å². The molecule has 6 heteroatoms. The first-order chi connectivity index (χ1) is 13.0. The molecule has 1 N–H and O–H groups in total. The zero-order chi connectivity index (χ0) is 19.1. The number of hydrogen-bond donors (Lipinski definition) is 1. The zero-order valence-corrected chi connectivity index (χ0v) is 16.0. The largest absolute Gasteiger partial charge is 0.370 e. The van der Waals surface area contributed by atoms with Crippen molar-refractivity contribution in [2.24, 2.45) is 14.1 Å². The van der Waals surface area contributed by atoms with Crippen LogP contribution in [0.1, 0.15) is 28.8 Å². The number of rotatable bonds is 3. The fourth-order valence-electron chi connectivity index (χ4n) is 3.83. The summed E-state index contributed by atoms with van der Waals surface area (Å²) in [4.78, 5) is 27.4. The maximum Gasteiger partial charge on any atom is 0.328 e. The number of carbonyl (C=O) groups excluding carboxylic acids is 1. The quantitative estimate of drug-likeness (QED) is 0.777. The molecule has 0 spiro atoms. The lowest BCUT2D eigenvalue weighted by Gasteiger charge is -2.22. The number of nitrogens with zero attached hydrogens (tertiary/aromatic N) is 3. The van der Waals surface area contributed by atoms with Crippen molar-refractivity contribution in [1.29, 1.82) is 0 Å². The van der Waals surface area contributed by atoms with Crippen LogP contribution in [-0.4, -0.2) is 28.1 Å². The second-order valence-electron chi connectivity index (χ2n) is 7.28. The van der Waals surface area contributed by atoms with Crippen LogP contribution in [0.25, 0.3) is 11.0 Å². The summed E-state index contributed by atoms with van der Waals surface area (Å²) < 4.78 is 3.27. The molecule has 0 atom stereocenters. The van der Waals surface area contributed by atoms with Crippen LogP contribution in [0.5, 0.6) is 0 Å². The maximum atomic E-state index is 12.8. The summed E-state index contributed by atoms with van der Waals surface area (Å²) in [6.07, 6.45) is 2.27. The van der Waals surface area contributed by atoms with Crippen LogP contribution in [0.2, 0.25) is 0 Å². The summed E-state index contributed by atoms with van der Waals surface area (Å²) in [5.74, 6) is -0.139. The van der Waals surface area contributed by atoms with E-state index in [2.05, 4.69) is 10.2 Å². The van der Waals surface area contributed by atoms with Crippen molar-refractivity contribution < 1.29 is 4.79 Å². The molecule has 1 saturated heterocycles. The molecule has 27 heavy (non-hydrogen) atoms. The van der Waals surface area contributed by atoms with Crippen molar-refractivity contribution in [3.8, 4) is 0 Å². The van der Waals surface area contributed by atoms with E-state index >= 15 is 0 Å². The van der Waals surface area contributed by atoms with E-state index in [1.54, 1.807) is 23.2 Å². The first-order valence-electron chi connectivity index (χ1n) is 9.28. The highest BCUT2D eigenvalue weighted by atomic mass is 16.2. The van der Waals surface area contributed by atoms with Crippen molar-refractivity contribution in [3.63, 3.8) is 0 Å². The average molecular weight is 364 g/mol. The van der Waals surface area contributed by atoms with Gasteiger partial charge in [0.2, 0.25) is 0 Å². The Labute approximate surface area is 158 Å². The van der Waals surface area contributed by atoms with Gasteiger partial charge in [0.15, 0.2) is 0 Å². The molecule has 0 aliphatic carbocycles. The predicted octanol–water partition coefficient (Wildman–Crippen LogP) is 3.04. The number of nitrogens with one attached hydrogen (secondary N) is 1. The number of anilines is 2. The molecule has 0 radical (unpaired) electrons. The summed E-state index contributed by atoms with van der Waals surface area (Å²) in [5.41, 5.74) is 5.01. The zero-order valence-electron chi connectivity index (χ0n) is 16.0. The van der Waals surface area contributed by atoms with E-state index in [0.717, 1.165) is 53.9 Å². The molecule has 2 aromatic carbocycles. The standard InChI is InChI=1S/C21H24N4O2/c1-14-7-6-8-15(11-14)20(26)22-16-12-18-19(24(3)21(27)23(18)2)13-17(16)25-9-4-5-10-25/h6-8,11-13H,4-5,9-10H2,1-3H3,(H,22,26). The first kappa shape index (κ1) is 17.4.